The second-order valence-corrected chi connectivity index (χ2v) is 16.5. The van der Waals surface area contributed by atoms with E-state index in [-0.39, 0.29) is 13.2 Å². The van der Waals surface area contributed by atoms with Crippen LogP contribution in [0.25, 0.3) is 0 Å². The number of esters is 2. The van der Waals surface area contributed by atoms with E-state index >= 15 is 0 Å². The van der Waals surface area contributed by atoms with E-state index in [0.29, 0.717) is 12.8 Å². The van der Waals surface area contributed by atoms with E-state index in [1.807, 2.05) is 0 Å². The Morgan fingerprint density at radius 3 is 1.22 bits per heavy atom. The zero-order valence-corrected chi connectivity index (χ0v) is 18.2. The third-order valence-electron chi connectivity index (χ3n) is 1.47. The molecule has 0 aliphatic carbocycles. The molecule has 0 saturated heterocycles. The number of hydrogen-bond acceptors (Lipinski definition) is 4. The monoisotopic (exact) mass is 642 g/mol. The fourth-order valence-electron chi connectivity index (χ4n) is 0.698. The Hall–Kier alpha value is 1.82. The van der Waals surface area contributed by atoms with Gasteiger partial charge in [0.1, 0.15) is 0 Å². The van der Waals surface area contributed by atoms with Crippen molar-refractivity contribution in [2.45, 2.75) is 17.1 Å². The van der Waals surface area contributed by atoms with Crippen molar-refractivity contribution in [1.29, 1.82) is 0 Å². The van der Waals surface area contributed by atoms with Gasteiger partial charge in [-0.25, -0.2) is 9.59 Å². The number of carbonyl (C=O) groups is 2. The second kappa shape index (κ2) is 8.96. The molecule has 0 aromatic heterocycles. The quantitative estimate of drug-likeness (QED) is 0.250. The van der Waals surface area contributed by atoms with Crippen LogP contribution in [0.2, 0.25) is 0 Å². The lowest BCUT2D eigenvalue weighted by molar-refractivity contribution is -0.144. The normalized spacial score (nSPS) is 12.1. The van der Waals surface area contributed by atoms with Crippen LogP contribution < -0.4 is 0 Å². The average Bonchev–Trinajstić information content (AvgIpc) is 2.19. The van der Waals surface area contributed by atoms with E-state index in [1.165, 1.54) is 0 Å². The zero-order chi connectivity index (χ0) is 14.4. The highest BCUT2D eigenvalue weighted by molar-refractivity contribution is 9.40. The van der Waals surface area contributed by atoms with Crippen molar-refractivity contribution in [2.75, 3.05) is 13.2 Å². The molecule has 0 aliphatic heterocycles. The SMILES string of the molecule is O=C(OCCCCOC(=O)C(Br)(Br)Br)C(Br)(Br)Br. The van der Waals surface area contributed by atoms with Crippen LogP contribution in [0, 0.1) is 0 Å². The van der Waals surface area contributed by atoms with Gasteiger partial charge < -0.3 is 9.47 Å². The summed E-state index contributed by atoms with van der Waals surface area (Å²) in [4.78, 5) is 22.5. The Morgan fingerprint density at radius 1 is 0.722 bits per heavy atom. The molecule has 0 aromatic rings. The van der Waals surface area contributed by atoms with Crippen molar-refractivity contribution in [1.82, 2.24) is 0 Å². The number of halogens is 6. The molecule has 0 heterocycles. The molecule has 0 fully saturated rings. The van der Waals surface area contributed by atoms with Crippen LogP contribution in [-0.2, 0) is 19.1 Å². The third-order valence-corrected chi connectivity index (χ3v) is 3.41. The van der Waals surface area contributed by atoms with Crippen molar-refractivity contribution in [2.24, 2.45) is 0 Å². The first-order chi connectivity index (χ1) is 8.05. The predicted molar refractivity (Wildman–Crippen MR) is 90.2 cm³/mol. The molecule has 0 aliphatic rings. The molecule has 106 valence electrons. The van der Waals surface area contributed by atoms with Crippen LogP contribution in [0.5, 0.6) is 0 Å². The van der Waals surface area contributed by atoms with Crippen LogP contribution in [0.1, 0.15) is 12.8 Å². The highest BCUT2D eigenvalue weighted by Crippen LogP contribution is 2.35. The Kier molecular flexibility index (Phi) is 9.87. The summed E-state index contributed by atoms with van der Waals surface area (Å²) >= 11 is 18.2. The Balaban J connectivity index is 3.60. The van der Waals surface area contributed by atoms with Crippen LogP contribution in [0.3, 0.4) is 0 Å². The number of ether oxygens (including phenoxy) is 2. The van der Waals surface area contributed by atoms with Crippen LogP contribution >= 0.6 is 95.6 Å². The summed E-state index contributed by atoms with van der Waals surface area (Å²) in [5, 5.41) is 0. The van der Waals surface area contributed by atoms with Gasteiger partial charge in [-0.05, 0) is 108 Å². The van der Waals surface area contributed by atoms with Crippen molar-refractivity contribution >= 4 is 108 Å². The molecule has 0 atom stereocenters. The summed E-state index contributed by atoms with van der Waals surface area (Å²) in [6, 6.07) is 0. The van der Waals surface area contributed by atoms with Crippen molar-refractivity contribution in [3.63, 3.8) is 0 Å². The number of rotatable bonds is 5. The van der Waals surface area contributed by atoms with E-state index in [9.17, 15) is 9.59 Å². The van der Waals surface area contributed by atoms with Gasteiger partial charge in [0, 0.05) is 0 Å². The van der Waals surface area contributed by atoms with Crippen molar-refractivity contribution in [3.05, 3.63) is 0 Å². The van der Waals surface area contributed by atoms with Crippen molar-refractivity contribution in [3.8, 4) is 0 Å². The van der Waals surface area contributed by atoms with Gasteiger partial charge in [0.15, 0.2) is 0 Å². The summed E-state index contributed by atoms with van der Waals surface area (Å²) in [6.07, 6.45) is 1.20. The third kappa shape index (κ3) is 9.68. The molecule has 0 spiro atoms. The maximum atomic E-state index is 11.3. The van der Waals surface area contributed by atoms with Gasteiger partial charge in [-0.3, -0.25) is 0 Å². The number of hydrogen-bond donors (Lipinski definition) is 0. The lowest BCUT2D eigenvalue weighted by atomic mass is 10.3. The molecule has 0 radical (unpaired) electrons. The van der Waals surface area contributed by atoms with Gasteiger partial charge in [0.2, 0.25) is 4.29 Å². The summed E-state index contributed by atoms with van der Waals surface area (Å²) in [5.41, 5.74) is 0. The molecule has 10 heteroatoms. The van der Waals surface area contributed by atoms with E-state index in [1.54, 1.807) is 0 Å². The molecular weight excluding hydrogens is 640 g/mol. The van der Waals surface area contributed by atoms with Crippen LogP contribution in [0.15, 0.2) is 0 Å². The van der Waals surface area contributed by atoms with Gasteiger partial charge in [-0.15, -0.1) is 0 Å². The minimum atomic E-state index is -1.04. The van der Waals surface area contributed by atoms with Crippen LogP contribution in [-0.4, -0.2) is 29.4 Å². The Morgan fingerprint density at radius 2 is 1.00 bits per heavy atom. The standard InChI is InChI=1S/C8H8Br6O4/c9-7(10,11)5(15)17-3-1-2-4-18-6(16)8(12,13)14/h1-4H2. The number of unbranched alkanes of at least 4 members (excludes halogenated alkanes) is 1. The molecule has 0 unspecified atom stereocenters. The van der Waals surface area contributed by atoms with Gasteiger partial charge in [0.05, 0.1) is 13.2 Å². The summed E-state index contributed by atoms with van der Waals surface area (Å²) in [6.45, 7) is 0.506. The van der Waals surface area contributed by atoms with E-state index in [0.717, 1.165) is 0 Å². The second-order valence-electron chi connectivity index (χ2n) is 2.97. The fourth-order valence-corrected chi connectivity index (χ4v) is 1.38. The first-order valence-electron chi connectivity index (χ1n) is 4.53. The van der Waals surface area contributed by atoms with Gasteiger partial charge in [-0.1, -0.05) is 0 Å². The Labute approximate surface area is 155 Å². The molecule has 0 N–H and O–H groups in total. The topological polar surface area (TPSA) is 52.6 Å². The average molecular weight is 648 g/mol. The highest BCUT2D eigenvalue weighted by atomic mass is 80.0. The Bertz CT molecular complexity index is 265. The van der Waals surface area contributed by atoms with E-state index < -0.39 is 16.2 Å². The molecule has 0 aromatic carbocycles. The summed E-state index contributed by atoms with van der Waals surface area (Å²) in [5.74, 6) is -0.945. The molecule has 18 heavy (non-hydrogen) atoms. The van der Waals surface area contributed by atoms with E-state index in [4.69, 9.17) is 9.47 Å². The largest absolute Gasteiger partial charge is 0.463 e. The van der Waals surface area contributed by atoms with Gasteiger partial charge in [-0.2, -0.15) is 0 Å². The first kappa shape index (κ1) is 19.8. The van der Waals surface area contributed by atoms with E-state index in [2.05, 4.69) is 95.6 Å². The lowest BCUT2D eigenvalue weighted by Crippen LogP contribution is -2.22. The van der Waals surface area contributed by atoms with Gasteiger partial charge >= 0.3 is 11.9 Å². The summed E-state index contributed by atoms with van der Waals surface area (Å²) in [7, 11) is 0. The molecule has 0 bridgehead atoms. The smallest absolute Gasteiger partial charge is 0.344 e. The molecular formula is C8H8Br6O4. The first-order valence-corrected chi connectivity index (χ1v) is 9.29. The maximum absolute atomic E-state index is 11.3. The maximum Gasteiger partial charge on any atom is 0.344 e. The molecule has 0 saturated carbocycles. The predicted octanol–water partition coefficient (Wildman–Crippen LogP) is 4.53. The molecule has 0 amide bonds. The lowest BCUT2D eigenvalue weighted by Gasteiger charge is -2.12. The highest BCUT2D eigenvalue weighted by Gasteiger charge is 2.31. The molecule has 0 rings (SSSR count). The van der Waals surface area contributed by atoms with Crippen molar-refractivity contribution < 1.29 is 19.1 Å². The minimum absolute atomic E-state index is 0.253. The zero-order valence-electron chi connectivity index (χ0n) is 8.73. The van der Waals surface area contributed by atoms with Crippen LogP contribution in [0.4, 0.5) is 0 Å². The minimum Gasteiger partial charge on any atom is -0.463 e. The number of carbonyl (C=O) groups excluding carboxylic acids is 2. The number of alkyl halides is 6. The van der Waals surface area contributed by atoms with Gasteiger partial charge in [0.25, 0.3) is 0 Å². The summed E-state index contributed by atoms with van der Waals surface area (Å²) < 4.78 is 7.78. The molecule has 4 nitrogen and oxygen atoms in total. The fraction of sp³-hybridized carbons (Fsp3) is 0.750.